The molecule has 0 spiro atoms. The van der Waals surface area contributed by atoms with Gasteiger partial charge in [-0.25, -0.2) is 0 Å². The normalized spacial score (nSPS) is 14.3. The van der Waals surface area contributed by atoms with Gasteiger partial charge in [0.05, 0.1) is 6.04 Å². The monoisotopic (exact) mass is 452 g/mol. The van der Waals surface area contributed by atoms with Crippen LogP contribution in [0, 0.1) is 0 Å². The molecule has 12 heteroatoms. The Morgan fingerprint density at radius 3 is 1.91 bits per heavy atom. The lowest BCUT2D eigenvalue weighted by Crippen LogP contribution is -2.57. The number of benzene rings is 1. The van der Waals surface area contributed by atoms with E-state index in [4.69, 9.17) is 15.9 Å². The molecule has 3 amide bonds. The van der Waals surface area contributed by atoms with Gasteiger partial charge in [0.25, 0.3) is 0 Å². The fourth-order valence-corrected chi connectivity index (χ4v) is 2.56. The van der Waals surface area contributed by atoms with Gasteiger partial charge in [0.1, 0.15) is 23.9 Å². The predicted molar refractivity (Wildman–Crippen MR) is 111 cm³/mol. The number of aromatic hydroxyl groups is 1. The van der Waals surface area contributed by atoms with Gasteiger partial charge >= 0.3 is 11.9 Å². The highest BCUT2D eigenvalue weighted by molar-refractivity contribution is 5.94. The fraction of sp³-hybridized carbons (Fsp3) is 0.450. The molecule has 1 aromatic rings. The summed E-state index contributed by atoms with van der Waals surface area (Å²) >= 11 is 0. The summed E-state index contributed by atoms with van der Waals surface area (Å²) in [6, 6.07) is 1.16. The number of nitrogens with two attached hydrogens (primary N) is 1. The molecule has 0 fully saturated rings. The number of aliphatic carboxylic acids is 2. The van der Waals surface area contributed by atoms with Crippen molar-refractivity contribution in [2.75, 3.05) is 0 Å². The van der Waals surface area contributed by atoms with Crippen LogP contribution >= 0.6 is 0 Å². The Morgan fingerprint density at radius 1 is 0.875 bits per heavy atom. The number of carbonyl (C=O) groups excluding carboxylic acids is 3. The number of nitrogens with one attached hydrogen (secondary N) is 3. The number of rotatable bonds is 12. The van der Waals surface area contributed by atoms with Crippen molar-refractivity contribution in [3.05, 3.63) is 29.8 Å². The van der Waals surface area contributed by atoms with E-state index in [0.717, 1.165) is 0 Å². The first-order chi connectivity index (χ1) is 14.9. The lowest BCUT2D eigenvalue weighted by Gasteiger charge is -2.24. The van der Waals surface area contributed by atoms with Crippen LogP contribution in [-0.4, -0.2) is 69.1 Å². The van der Waals surface area contributed by atoms with Gasteiger partial charge in [-0.05, 0) is 38.0 Å². The zero-order valence-electron chi connectivity index (χ0n) is 17.7. The van der Waals surface area contributed by atoms with Crippen LogP contribution in [0.15, 0.2) is 24.3 Å². The van der Waals surface area contributed by atoms with Gasteiger partial charge in [-0.2, -0.15) is 0 Å². The quantitative estimate of drug-likeness (QED) is 0.201. The molecule has 0 bridgehead atoms. The van der Waals surface area contributed by atoms with E-state index in [0.29, 0.717) is 5.56 Å². The average Bonchev–Trinajstić information content (AvgIpc) is 2.71. The van der Waals surface area contributed by atoms with Crippen LogP contribution in [-0.2, 0) is 30.4 Å². The van der Waals surface area contributed by atoms with Crippen molar-refractivity contribution < 1.29 is 39.3 Å². The molecule has 0 aliphatic carbocycles. The number of carboxylic acids is 2. The maximum atomic E-state index is 12.9. The van der Waals surface area contributed by atoms with E-state index < -0.39 is 60.2 Å². The molecule has 4 atom stereocenters. The molecule has 32 heavy (non-hydrogen) atoms. The van der Waals surface area contributed by atoms with Gasteiger partial charge in [-0.15, -0.1) is 0 Å². The molecule has 0 saturated heterocycles. The van der Waals surface area contributed by atoms with Crippen LogP contribution < -0.4 is 21.7 Å². The Morgan fingerprint density at radius 2 is 1.41 bits per heavy atom. The van der Waals surface area contributed by atoms with Gasteiger partial charge in [0.2, 0.25) is 17.7 Å². The number of carbonyl (C=O) groups is 5. The molecule has 1 aromatic carbocycles. The molecule has 0 radical (unpaired) electrons. The van der Waals surface area contributed by atoms with E-state index in [-0.39, 0.29) is 18.6 Å². The number of hydrogen-bond donors (Lipinski definition) is 7. The number of carboxylic acid groups (broad SMARTS) is 2. The predicted octanol–water partition coefficient (Wildman–Crippen LogP) is -1.29. The highest BCUT2D eigenvalue weighted by atomic mass is 16.4. The standard InChI is InChI=1S/C20H28N4O8/c1-10(21)17(28)24-15(9-12-3-5-13(25)6-4-12)19(30)23-14(7-8-16(26)27)18(29)22-11(2)20(31)32/h3-6,10-11,14-15,25H,7-9,21H2,1-2H3,(H,22,29)(H,23,30)(H,24,28)(H,26,27)(H,31,32). The van der Waals surface area contributed by atoms with Crippen molar-refractivity contribution in [1.82, 2.24) is 16.0 Å². The first-order valence-corrected chi connectivity index (χ1v) is 9.80. The Bertz CT molecular complexity index is 841. The summed E-state index contributed by atoms with van der Waals surface area (Å²) in [6.07, 6.45) is -0.773. The van der Waals surface area contributed by atoms with Crippen molar-refractivity contribution in [1.29, 1.82) is 0 Å². The second kappa shape index (κ2) is 12.2. The number of phenols is 1. The minimum absolute atomic E-state index is 0.00678. The van der Waals surface area contributed by atoms with E-state index in [9.17, 15) is 29.1 Å². The van der Waals surface area contributed by atoms with E-state index in [1.807, 2.05) is 0 Å². The SMILES string of the molecule is CC(N)C(=O)NC(Cc1ccc(O)cc1)C(=O)NC(CCC(=O)O)C(=O)NC(C)C(=O)O. The minimum atomic E-state index is -1.35. The lowest BCUT2D eigenvalue weighted by molar-refractivity contribution is -0.142. The summed E-state index contributed by atoms with van der Waals surface area (Å²) in [5.41, 5.74) is 6.13. The summed E-state index contributed by atoms with van der Waals surface area (Å²) in [6.45, 7) is 2.63. The smallest absolute Gasteiger partial charge is 0.325 e. The van der Waals surface area contributed by atoms with Gasteiger partial charge in [-0.1, -0.05) is 12.1 Å². The molecule has 176 valence electrons. The van der Waals surface area contributed by atoms with Gasteiger partial charge < -0.3 is 37.0 Å². The maximum absolute atomic E-state index is 12.9. The third-order valence-corrected chi connectivity index (χ3v) is 4.43. The Hall–Kier alpha value is -3.67. The van der Waals surface area contributed by atoms with Crippen LogP contribution in [0.5, 0.6) is 5.75 Å². The fourth-order valence-electron chi connectivity index (χ4n) is 2.56. The third kappa shape index (κ3) is 9.00. The Labute approximate surface area is 184 Å². The third-order valence-electron chi connectivity index (χ3n) is 4.43. The Balaban J connectivity index is 3.05. The number of phenolic OH excluding ortho intramolecular Hbond substituents is 1. The van der Waals surface area contributed by atoms with E-state index >= 15 is 0 Å². The largest absolute Gasteiger partial charge is 0.508 e. The number of hydrogen-bond acceptors (Lipinski definition) is 7. The summed E-state index contributed by atoms with van der Waals surface area (Å²) in [5, 5.41) is 34.3. The number of amides is 3. The maximum Gasteiger partial charge on any atom is 0.325 e. The van der Waals surface area contributed by atoms with Gasteiger partial charge in [-0.3, -0.25) is 24.0 Å². The molecule has 0 aromatic heterocycles. The highest BCUT2D eigenvalue weighted by Gasteiger charge is 2.29. The molecule has 0 aliphatic rings. The van der Waals surface area contributed by atoms with Crippen molar-refractivity contribution >= 4 is 29.7 Å². The molecule has 4 unspecified atom stereocenters. The zero-order chi connectivity index (χ0) is 24.4. The molecule has 8 N–H and O–H groups in total. The van der Waals surface area contributed by atoms with Crippen LogP contribution in [0.4, 0.5) is 0 Å². The van der Waals surface area contributed by atoms with Crippen molar-refractivity contribution in [3.63, 3.8) is 0 Å². The van der Waals surface area contributed by atoms with Crippen molar-refractivity contribution in [3.8, 4) is 5.75 Å². The van der Waals surface area contributed by atoms with Crippen molar-refractivity contribution in [2.45, 2.75) is 57.3 Å². The van der Waals surface area contributed by atoms with Crippen LogP contribution in [0.2, 0.25) is 0 Å². The topological polar surface area (TPSA) is 208 Å². The minimum Gasteiger partial charge on any atom is -0.508 e. The van der Waals surface area contributed by atoms with E-state index in [1.165, 1.54) is 38.1 Å². The summed E-state index contributed by atoms with van der Waals surface area (Å²) in [5.74, 6) is -4.82. The van der Waals surface area contributed by atoms with Crippen LogP contribution in [0.1, 0.15) is 32.3 Å². The second-order valence-electron chi connectivity index (χ2n) is 7.28. The molecular weight excluding hydrogens is 424 g/mol. The molecular formula is C20H28N4O8. The second-order valence-corrected chi connectivity index (χ2v) is 7.28. The molecule has 0 saturated carbocycles. The first kappa shape index (κ1) is 26.4. The van der Waals surface area contributed by atoms with Crippen LogP contribution in [0.25, 0.3) is 0 Å². The molecule has 1 rings (SSSR count). The lowest BCUT2D eigenvalue weighted by atomic mass is 10.0. The van der Waals surface area contributed by atoms with Gasteiger partial charge in [0.15, 0.2) is 0 Å². The van der Waals surface area contributed by atoms with Crippen LogP contribution in [0.3, 0.4) is 0 Å². The Kier molecular flexibility index (Phi) is 10.1. The highest BCUT2D eigenvalue weighted by Crippen LogP contribution is 2.12. The van der Waals surface area contributed by atoms with Gasteiger partial charge in [0, 0.05) is 12.8 Å². The van der Waals surface area contributed by atoms with E-state index in [2.05, 4.69) is 16.0 Å². The van der Waals surface area contributed by atoms with Crippen molar-refractivity contribution in [2.24, 2.45) is 5.73 Å². The molecule has 0 aliphatic heterocycles. The van der Waals surface area contributed by atoms with E-state index in [1.54, 1.807) is 0 Å². The first-order valence-electron chi connectivity index (χ1n) is 9.80. The average molecular weight is 452 g/mol. The molecule has 12 nitrogen and oxygen atoms in total. The summed E-state index contributed by atoms with van der Waals surface area (Å²) < 4.78 is 0. The molecule has 0 heterocycles. The summed E-state index contributed by atoms with van der Waals surface area (Å²) in [4.78, 5) is 59.3. The zero-order valence-corrected chi connectivity index (χ0v) is 17.7. The summed E-state index contributed by atoms with van der Waals surface area (Å²) in [7, 11) is 0.